The molecule has 0 saturated heterocycles. The van der Waals surface area contributed by atoms with Gasteiger partial charge in [-0.15, -0.1) is 0 Å². The highest BCUT2D eigenvalue weighted by Crippen LogP contribution is 2.38. The van der Waals surface area contributed by atoms with Crippen molar-refractivity contribution in [2.24, 2.45) is 0 Å². The lowest BCUT2D eigenvalue weighted by atomic mass is 10.1. The summed E-state index contributed by atoms with van der Waals surface area (Å²) in [5, 5.41) is 11.2. The van der Waals surface area contributed by atoms with Gasteiger partial charge in [-0.05, 0) is 44.9 Å². The Morgan fingerprint density at radius 3 is 2.58 bits per heavy atom. The lowest BCUT2D eigenvalue weighted by Crippen LogP contribution is -2.16. The van der Waals surface area contributed by atoms with Crippen LogP contribution < -0.4 is 0 Å². The zero-order chi connectivity index (χ0) is 19.0. The van der Waals surface area contributed by atoms with E-state index in [-0.39, 0.29) is 16.4 Å². The van der Waals surface area contributed by atoms with E-state index in [1.807, 2.05) is 13.8 Å². The fourth-order valence-electron chi connectivity index (χ4n) is 3.07. The second-order valence-electron chi connectivity index (χ2n) is 6.30. The summed E-state index contributed by atoms with van der Waals surface area (Å²) >= 11 is 5.73. The molecule has 0 spiro atoms. The van der Waals surface area contributed by atoms with Crippen LogP contribution in [0.25, 0.3) is 0 Å². The summed E-state index contributed by atoms with van der Waals surface area (Å²) in [6, 6.07) is 5.87. The lowest BCUT2D eigenvalue weighted by molar-refractivity contribution is -0.385. The number of ketones is 1. The molecule has 0 amide bonds. The molecule has 1 aromatic carbocycles. The normalized spacial score (nSPS) is 13.5. The number of Topliss-reactive ketones (excluding diaryl/α,β-unsaturated/α-hetero) is 1. The maximum Gasteiger partial charge on any atom is 0.345 e. The van der Waals surface area contributed by atoms with Crippen molar-refractivity contribution in [2.45, 2.75) is 32.7 Å². The van der Waals surface area contributed by atoms with Crippen LogP contribution >= 0.6 is 11.6 Å². The number of nitro groups is 1. The van der Waals surface area contributed by atoms with E-state index in [1.54, 1.807) is 6.07 Å². The quantitative estimate of drug-likeness (QED) is 0.328. The van der Waals surface area contributed by atoms with Crippen molar-refractivity contribution in [1.29, 1.82) is 0 Å². The van der Waals surface area contributed by atoms with E-state index >= 15 is 0 Å². The molecule has 0 bridgehead atoms. The number of aromatic nitrogens is 1. The first-order valence-electron chi connectivity index (χ1n) is 8.12. The van der Waals surface area contributed by atoms with Crippen molar-refractivity contribution in [1.82, 2.24) is 4.57 Å². The van der Waals surface area contributed by atoms with Crippen LogP contribution in [0.5, 0.6) is 0 Å². The van der Waals surface area contributed by atoms with Crippen LogP contribution in [0.1, 0.15) is 51.0 Å². The molecule has 1 aliphatic carbocycles. The molecule has 1 fully saturated rings. The second kappa shape index (κ2) is 6.92. The Kier molecular flexibility index (Phi) is 4.82. The highest BCUT2D eigenvalue weighted by Gasteiger charge is 2.29. The summed E-state index contributed by atoms with van der Waals surface area (Å²) in [7, 11) is 0. The minimum Gasteiger partial charge on any atom is -0.454 e. The second-order valence-corrected chi connectivity index (χ2v) is 6.74. The van der Waals surface area contributed by atoms with Gasteiger partial charge >= 0.3 is 5.97 Å². The molecule has 136 valence electrons. The fourth-order valence-corrected chi connectivity index (χ4v) is 3.24. The van der Waals surface area contributed by atoms with Crippen molar-refractivity contribution in [2.75, 3.05) is 6.61 Å². The fraction of sp³-hybridized carbons (Fsp3) is 0.333. The van der Waals surface area contributed by atoms with Crippen molar-refractivity contribution in [3.63, 3.8) is 0 Å². The van der Waals surface area contributed by atoms with Crippen LogP contribution in [-0.2, 0) is 4.74 Å². The summed E-state index contributed by atoms with van der Waals surface area (Å²) in [6.07, 6.45) is 2.19. The maximum absolute atomic E-state index is 12.4. The molecule has 1 aromatic heterocycles. The van der Waals surface area contributed by atoms with Gasteiger partial charge in [-0.2, -0.15) is 0 Å². The standard InChI is InChI=1S/C18H17ClN2O5/c1-10-7-15(11(2)20(10)13-4-5-13)17(22)9-26-18(23)14-6-3-12(19)8-16(14)21(24)25/h3,6-8,13H,4-5,9H2,1-2H3. The molecule has 0 unspecified atom stereocenters. The summed E-state index contributed by atoms with van der Waals surface area (Å²) in [5.74, 6) is -1.27. The van der Waals surface area contributed by atoms with Crippen LogP contribution in [0, 0.1) is 24.0 Å². The predicted molar refractivity (Wildman–Crippen MR) is 94.9 cm³/mol. The minimum absolute atomic E-state index is 0.136. The molecule has 3 rings (SSSR count). The van der Waals surface area contributed by atoms with Crippen molar-refractivity contribution in [3.8, 4) is 0 Å². The van der Waals surface area contributed by atoms with Crippen LogP contribution in [-0.4, -0.2) is 27.8 Å². The Morgan fingerprint density at radius 2 is 1.96 bits per heavy atom. The Bertz CT molecular complexity index is 915. The van der Waals surface area contributed by atoms with E-state index in [0.29, 0.717) is 11.6 Å². The number of carbonyl (C=O) groups is 2. The molecule has 1 heterocycles. The first kappa shape index (κ1) is 18.1. The number of ether oxygens (including phenoxy) is 1. The lowest BCUT2D eigenvalue weighted by Gasteiger charge is -2.08. The van der Waals surface area contributed by atoms with Gasteiger partial charge in [0.2, 0.25) is 5.78 Å². The molecular weight excluding hydrogens is 360 g/mol. The van der Waals surface area contributed by atoms with E-state index in [4.69, 9.17) is 16.3 Å². The monoisotopic (exact) mass is 376 g/mol. The van der Waals surface area contributed by atoms with Crippen LogP contribution in [0.4, 0.5) is 5.69 Å². The largest absolute Gasteiger partial charge is 0.454 e. The highest BCUT2D eigenvalue weighted by atomic mass is 35.5. The predicted octanol–water partition coefficient (Wildman–Crippen LogP) is 4.04. The van der Waals surface area contributed by atoms with E-state index in [0.717, 1.165) is 30.3 Å². The zero-order valence-corrected chi connectivity index (χ0v) is 15.1. The van der Waals surface area contributed by atoms with Gasteiger partial charge in [0, 0.05) is 34.1 Å². The van der Waals surface area contributed by atoms with Gasteiger partial charge in [0.1, 0.15) is 5.56 Å². The molecule has 0 N–H and O–H groups in total. The third-order valence-electron chi connectivity index (χ3n) is 4.41. The maximum atomic E-state index is 12.4. The third-order valence-corrected chi connectivity index (χ3v) is 4.64. The molecule has 0 atom stereocenters. The summed E-state index contributed by atoms with van der Waals surface area (Å²) in [4.78, 5) is 34.9. The number of nitro benzene ring substituents is 1. The summed E-state index contributed by atoms with van der Waals surface area (Å²) in [6.45, 7) is 3.32. The number of esters is 1. The van der Waals surface area contributed by atoms with Gasteiger partial charge in [-0.25, -0.2) is 4.79 Å². The van der Waals surface area contributed by atoms with Crippen molar-refractivity contribution >= 4 is 29.0 Å². The first-order chi connectivity index (χ1) is 12.3. The Labute approximate surface area is 154 Å². The number of hydrogen-bond donors (Lipinski definition) is 0. The Hall–Kier alpha value is -2.67. The Balaban J connectivity index is 1.73. The van der Waals surface area contributed by atoms with Crippen LogP contribution in [0.15, 0.2) is 24.3 Å². The first-order valence-corrected chi connectivity index (χ1v) is 8.50. The van der Waals surface area contributed by atoms with E-state index < -0.39 is 23.2 Å². The highest BCUT2D eigenvalue weighted by molar-refractivity contribution is 6.31. The van der Waals surface area contributed by atoms with Gasteiger partial charge in [-0.1, -0.05) is 11.6 Å². The third kappa shape index (κ3) is 3.48. The molecule has 26 heavy (non-hydrogen) atoms. The van der Waals surface area contributed by atoms with Crippen molar-refractivity contribution < 1.29 is 19.2 Å². The molecule has 0 aliphatic heterocycles. The zero-order valence-electron chi connectivity index (χ0n) is 14.3. The SMILES string of the molecule is Cc1cc(C(=O)COC(=O)c2ccc(Cl)cc2[N+](=O)[O-])c(C)n1C1CC1. The number of rotatable bonds is 6. The number of nitrogens with zero attached hydrogens (tertiary/aromatic N) is 2. The van der Waals surface area contributed by atoms with Gasteiger partial charge in [0.15, 0.2) is 6.61 Å². The molecule has 1 saturated carbocycles. The molecule has 1 aliphatic rings. The average molecular weight is 377 g/mol. The van der Waals surface area contributed by atoms with Gasteiger partial charge in [0.25, 0.3) is 5.69 Å². The number of halogens is 1. The van der Waals surface area contributed by atoms with E-state index in [9.17, 15) is 19.7 Å². The summed E-state index contributed by atoms with van der Waals surface area (Å²) in [5.41, 5.74) is 1.65. The topological polar surface area (TPSA) is 91.4 Å². The molecule has 8 heteroatoms. The molecular formula is C18H17ClN2O5. The smallest absolute Gasteiger partial charge is 0.345 e. The minimum atomic E-state index is -0.933. The van der Waals surface area contributed by atoms with Gasteiger partial charge in [-0.3, -0.25) is 14.9 Å². The van der Waals surface area contributed by atoms with Crippen LogP contribution in [0.2, 0.25) is 5.02 Å². The van der Waals surface area contributed by atoms with Gasteiger partial charge in [0.05, 0.1) is 4.92 Å². The molecule has 2 aromatic rings. The number of hydrogen-bond acceptors (Lipinski definition) is 5. The number of carbonyl (C=O) groups excluding carboxylic acids is 2. The van der Waals surface area contributed by atoms with Gasteiger partial charge < -0.3 is 9.30 Å². The van der Waals surface area contributed by atoms with E-state index in [2.05, 4.69) is 4.57 Å². The average Bonchev–Trinajstić information content (AvgIpc) is 3.37. The number of aryl methyl sites for hydroxylation is 1. The van der Waals surface area contributed by atoms with Crippen molar-refractivity contribution in [3.05, 3.63) is 61.9 Å². The van der Waals surface area contributed by atoms with E-state index in [1.165, 1.54) is 12.1 Å². The molecule has 0 radical (unpaired) electrons. The number of benzene rings is 1. The summed E-state index contributed by atoms with van der Waals surface area (Å²) < 4.78 is 7.13. The molecule has 7 nitrogen and oxygen atoms in total. The Morgan fingerprint density at radius 1 is 1.27 bits per heavy atom. The van der Waals surface area contributed by atoms with Crippen LogP contribution in [0.3, 0.4) is 0 Å².